The van der Waals surface area contributed by atoms with Gasteiger partial charge in [-0.15, -0.1) is 0 Å². The molecule has 0 heterocycles. The van der Waals surface area contributed by atoms with Gasteiger partial charge in [0.15, 0.2) is 0 Å². The van der Waals surface area contributed by atoms with E-state index in [4.69, 9.17) is 4.74 Å². The Morgan fingerprint density at radius 1 is 1.38 bits per heavy atom. The Bertz CT molecular complexity index is 271. The van der Waals surface area contributed by atoms with Crippen molar-refractivity contribution in [1.82, 2.24) is 0 Å². The van der Waals surface area contributed by atoms with Crippen molar-refractivity contribution in [2.45, 2.75) is 25.7 Å². The molecule has 2 rings (SSSR count). The highest BCUT2D eigenvalue weighted by Crippen LogP contribution is 2.32. The Morgan fingerprint density at radius 2 is 2.31 bits per heavy atom. The SMILES string of the molecule is COC1=CC(C2=CCCC=C2)CC1. The topological polar surface area (TPSA) is 9.23 Å². The molecule has 0 saturated carbocycles. The molecule has 2 aliphatic rings. The Labute approximate surface area is 79.8 Å². The molecule has 0 aromatic carbocycles. The van der Waals surface area contributed by atoms with E-state index in [1.165, 1.54) is 24.8 Å². The van der Waals surface area contributed by atoms with Crippen molar-refractivity contribution >= 4 is 0 Å². The van der Waals surface area contributed by atoms with Gasteiger partial charge in [0, 0.05) is 12.3 Å². The smallest absolute Gasteiger partial charge is 0.0922 e. The molecular weight excluding hydrogens is 160 g/mol. The minimum absolute atomic E-state index is 0.617. The van der Waals surface area contributed by atoms with Crippen molar-refractivity contribution in [2.24, 2.45) is 5.92 Å². The quantitative estimate of drug-likeness (QED) is 0.627. The number of hydrogen-bond donors (Lipinski definition) is 0. The van der Waals surface area contributed by atoms with Crippen LogP contribution in [0, 0.1) is 5.92 Å². The second-order valence-corrected chi connectivity index (χ2v) is 3.67. The van der Waals surface area contributed by atoms with Gasteiger partial charge in [0.05, 0.1) is 12.9 Å². The fourth-order valence-corrected chi connectivity index (χ4v) is 2.03. The van der Waals surface area contributed by atoms with Gasteiger partial charge in [-0.05, 0) is 30.9 Å². The summed E-state index contributed by atoms with van der Waals surface area (Å²) in [5.41, 5.74) is 1.48. The third-order valence-electron chi connectivity index (χ3n) is 2.80. The van der Waals surface area contributed by atoms with Crippen molar-refractivity contribution in [3.8, 4) is 0 Å². The molecule has 0 spiro atoms. The van der Waals surface area contributed by atoms with E-state index in [1.807, 2.05) is 0 Å². The summed E-state index contributed by atoms with van der Waals surface area (Å²) in [7, 11) is 1.76. The first kappa shape index (κ1) is 8.61. The predicted octanol–water partition coefficient (Wildman–Crippen LogP) is 3.20. The molecule has 0 fully saturated rings. The van der Waals surface area contributed by atoms with Crippen LogP contribution in [0.4, 0.5) is 0 Å². The molecule has 0 aromatic rings. The standard InChI is InChI=1S/C12H16O/c1-13-12-8-7-11(9-12)10-5-3-2-4-6-10/h3,5-6,9,11H,2,4,7-8H2,1H3. The number of rotatable bonds is 2. The highest BCUT2D eigenvalue weighted by Gasteiger charge is 2.18. The van der Waals surface area contributed by atoms with Crippen molar-refractivity contribution in [2.75, 3.05) is 7.11 Å². The van der Waals surface area contributed by atoms with E-state index in [2.05, 4.69) is 24.3 Å². The highest BCUT2D eigenvalue weighted by molar-refractivity contribution is 5.30. The monoisotopic (exact) mass is 176 g/mol. The summed E-state index contributed by atoms with van der Waals surface area (Å²) in [5.74, 6) is 1.77. The van der Waals surface area contributed by atoms with Crippen molar-refractivity contribution in [3.05, 3.63) is 35.6 Å². The largest absolute Gasteiger partial charge is 0.501 e. The average molecular weight is 176 g/mol. The van der Waals surface area contributed by atoms with Crippen LogP contribution in [0.5, 0.6) is 0 Å². The fourth-order valence-electron chi connectivity index (χ4n) is 2.03. The summed E-state index contributed by atoms with van der Waals surface area (Å²) < 4.78 is 5.24. The van der Waals surface area contributed by atoms with E-state index in [0.29, 0.717) is 5.92 Å². The minimum atomic E-state index is 0.617. The lowest BCUT2D eigenvalue weighted by Crippen LogP contribution is -1.96. The Kier molecular flexibility index (Phi) is 2.53. The van der Waals surface area contributed by atoms with Gasteiger partial charge < -0.3 is 4.74 Å². The van der Waals surface area contributed by atoms with Crippen LogP contribution in [0.3, 0.4) is 0 Å². The average Bonchev–Trinajstić information content (AvgIpc) is 2.67. The first-order valence-corrected chi connectivity index (χ1v) is 5.01. The summed E-state index contributed by atoms with van der Waals surface area (Å²) in [6, 6.07) is 0. The molecule has 1 atom stereocenters. The van der Waals surface area contributed by atoms with Crippen molar-refractivity contribution in [3.63, 3.8) is 0 Å². The van der Waals surface area contributed by atoms with Crippen LogP contribution in [0.25, 0.3) is 0 Å². The Balaban J connectivity index is 2.06. The maximum Gasteiger partial charge on any atom is 0.0922 e. The molecule has 0 aliphatic heterocycles. The van der Waals surface area contributed by atoms with E-state index >= 15 is 0 Å². The summed E-state index contributed by atoms with van der Waals surface area (Å²) >= 11 is 0. The first-order valence-electron chi connectivity index (χ1n) is 5.01. The van der Waals surface area contributed by atoms with Crippen LogP contribution >= 0.6 is 0 Å². The zero-order valence-electron chi connectivity index (χ0n) is 8.12. The van der Waals surface area contributed by atoms with Crippen LogP contribution < -0.4 is 0 Å². The molecule has 1 unspecified atom stereocenters. The summed E-state index contributed by atoms with van der Waals surface area (Å²) in [5, 5.41) is 0. The first-order chi connectivity index (χ1) is 6.40. The van der Waals surface area contributed by atoms with Gasteiger partial charge in [0.25, 0.3) is 0 Å². The van der Waals surface area contributed by atoms with Crippen molar-refractivity contribution < 1.29 is 4.74 Å². The van der Waals surface area contributed by atoms with Gasteiger partial charge in [-0.25, -0.2) is 0 Å². The minimum Gasteiger partial charge on any atom is -0.501 e. The lowest BCUT2D eigenvalue weighted by atomic mass is 9.94. The molecule has 1 nitrogen and oxygen atoms in total. The van der Waals surface area contributed by atoms with Crippen LogP contribution in [-0.2, 0) is 4.74 Å². The van der Waals surface area contributed by atoms with E-state index in [1.54, 1.807) is 7.11 Å². The van der Waals surface area contributed by atoms with Gasteiger partial charge in [-0.1, -0.05) is 18.2 Å². The molecule has 0 amide bonds. The Morgan fingerprint density at radius 3 is 2.92 bits per heavy atom. The molecule has 0 aromatic heterocycles. The second kappa shape index (κ2) is 3.82. The van der Waals surface area contributed by atoms with Crippen molar-refractivity contribution in [1.29, 1.82) is 0 Å². The Hall–Kier alpha value is -0.980. The molecule has 1 heteroatoms. The normalized spacial score (nSPS) is 27.0. The predicted molar refractivity (Wildman–Crippen MR) is 54.3 cm³/mol. The fraction of sp³-hybridized carbons (Fsp3) is 0.500. The number of hydrogen-bond acceptors (Lipinski definition) is 1. The molecule has 0 radical (unpaired) electrons. The number of ether oxygens (including phenoxy) is 1. The van der Waals surface area contributed by atoms with Crippen LogP contribution in [-0.4, -0.2) is 7.11 Å². The molecule has 0 N–H and O–H groups in total. The molecule has 0 saturated heterocycles. The van der Waals surface area contributed by atoms with E-state index in [9.17, 15) is 0 Å². The molecule has 13 heavy (non-hydrogen) atoms. The van der Waals surface area contributed by atoms with E-state index in [-0.39, 0.29) is 0 Å². The summed E-state index contributed by atoms with van der Waals surface area (Å²) in [6.07, 6.45) is 13.9. The number of methoxy groups -OCH3 is 1. The van der Waals surface area contributed by atoms with E-state index in [0.717, 1.165) is 12.2 Å². The molecule has 70 valence electrons. The highest BCUT2D eigenvalue weighted by atomic mass is 16.5. The zero-order valence-corrected chi connectivity index (χ0v) is 8.12. The van der Waals surface area contributed by atoms with Crippen LogP contribution in [0.15, 0.2) is 35.6 Å². The van der Waals surface area contributed by atoms with Gasteiger partial charge in [0.1, 0.15) is 0 Å². The van der Waals surface area contributed by atoms with Gasteiger partial charge in [-0.2, -0.15) is 0 Å². The van der Waals surface area contributed by atoms with Gasteiger partial charge >= 0.3 is 0 Å². The second-order valence-electron chi connectivity index (χ2n) is 3.67. The maximum atomic E-state index is 5.24. The third-order valence-corrected chi connectivity index (χ3v) is 2.80. The number of allylic oxidation sites excluding steroid dienone is 6. The summed E-state index contributed by atoms with van der Waals surface area (Å²) in [6.45, 7) is 0. The molecular formula is C12H16O. The zero-order chi connectivity index (χ0) is 9.10. The lowest BCUT2D eigenvalue weighted by Gasteiger charge is -2.11. The van der Waals surface area contributed by atoms with Crippen LogP contribution in [0.2, 0.25) is 0 Å². The van der Waals surface area contributed by atoms with Gasteiger partial charge in [0.2, 0.25) is 0 Å². The third kappa shape index (κ3) is 1.85. The van der Waals surface area contributed by atoms with Crippen LogP contribution in [0.1, 0.15) is 25.7 Å². The van der Waals surface area contributed by atoms with E-state index < -0.39 is 0 Å². The molecule has 0 bridgehead atoms. The summed E-state index contributed by atoms with van der Waals surface area (Å²) in [4.78, 5) is 0. The van der Waals surface area contributed by atoms with Gasteiger partial charge in [-0.3, -0.25) is 0 Å². The molecule has 2 aliphatic carbocycles. The lowest BCUT2D eigenvalue weighted by molar-refractivity contribution is 0.282. The maximum absolute atomic E-state index is 5.24.